The number of carbonyl (C=O) groups excluding carboxylic acids is 1. The molecule has 3 rings (SSSR count). The van der Waals surface area contributed by atoms with Crippen molar-refractivity contribution >= 4 is 23.4 Å². The molecule has 0 spiro atoms. The van der Waals surface area contributed by atoms with E-state index in [0.717, 1.165) is 30.9 Å². The summed E-state index contributed by atoms with van der Waals surface area (Å²) in [5.74, 6) is 1.24. The summed E-state index contributed by atoms with van der Waals surface area (Å²) in [6.45, 7) is 0. The van der Waals surface area contributed by atoms with Gasteiger partial charge in [-0.25, -0.2) is 4.39 Å². The van der Waals surface area contributed by atoms with Crippen molar-refractivity contribution in [1.82, 2.24) is 5.32 Å². The van der Waals surface area contributed by atoms with E-state index in [1.807, 2.05) is 0 Å². The van der Waals surface area contributed by atoms with E-state index in [4.69, 9.17) is 4.74 Å². The number of halogens is 1. The second-order valence-electron chi connectivity index (χ2n) is 5.08. The molecule has 4 nitrogen and oxygen atoms in total. The molecular formula is C14H17FN2O2S. The van der Waals surface area contributed by atoms with Crippen molar-refractivity contribution in [2.45, 2.75) is 31.4 Å². The molecule has 1 aliphatic carbocycles. The Bertz CT molecular complexity index is 502. The Kier molecular flexibility index (Phi) is 4.12. The third-order valence-corrected chi connectivity index (χ3v) is 4.52. The molecule has 6 heteroatoms. The second kappa shape index (κ2) is 6.01. The molecule has 0 aromatic heterocycles. The summed E-state index contributed by atoms with van der Waals surface area (Å²) in [5, 5.41) is 5.80. The fourth-order valence-electron chi connectivity index (χ4n) is 2.14. The van der Waals surface area contributed by atoms with Crippen LogP contribution in [0.4, 0.5) is 10.1 Å². The van der Waals surface area contributed by atoms with E-state index in [1.54, 1.807) is 23.9 Å². The Morgan fingerprint density at radius 1 is 1.45 bits per heavy atom. The minimum atomic E-state index is -0.427. The van der Waals surface area contributed by atoms with Gasteiger partial charge in [-0.15, -0.1) is 11.8 Å². The maximum atomic E-state index is 13.9. The maximum absolute atomic E-state index is 13.9. The van der Waals surface area contributed by atoms with Gasteiger partial charge in [0.2, 0.25) is 5.91 Å². The molecule has 1 amide bonds. The number of rotatable bonds is 4. The lowest BCUT2D eigenvalue weighted by Crippen LogP contribution is -2.37. The van der Waals surface area contributed by atoms with Gasteiger partial charge < -0.3 is 10.1 Å². The Balaban J connectivity index is 1.61. The predicted molar refractivity (Wildman–Crippen MR) is 77.5 cm³/mol. The van der Waals surface area contributed by atoms with Crippen LogP contribution in [0.2, 0.25) is 0 Å². The standard InChI is InChI=1S/C14H17FN2O2S/c15-11-6-9(17-14(18)12-7-20-8-16-12)4-5-13(11)19-10-2-1-3-10/h4-6,10,12,16H,1-3,7-8H2,(H,17,18). The van der Waals surface area contributed by atoms with Gasteiger partial charge in [0.15, 0.2) is 11.6 Å². The summed E-state index contributed by atoms with van der Waals surface area (Å²) in [6, 6.07) is 4.37. The summed E-state index contributed by atoms with van der Waals surface area (Å²) in [6.07, 6.45) is 3.27. The highest BCUT2D eigenvalue weighted by Crippen LogP contribution is 2.28. The molecule has 1 saturated carbocycles. The quantitative estimate of drug-likeness (QED) is 0.895. The van der Waals surface area contributed by atoms with Crippen molar-refractivity contribution in [3.63, 3.8) is 0 Å². The Morgan fingerprint density at radius 2 is 2.30 bits per heavy atom. The van der Waals surface area contributed by atoms with Crippen LogP contribution in [0.5, 0.6) is 5.75 Å². The van der Waals surface area contributed by atoms with Crippen LogP contribution in [0.25, 0.3) is 0 Å². The third-order valence-electron chi connectivity index (χ3n) is 3.58. The molecule has 2 aliphatic rings. The lowest BCUT2D eigenvalue weighted by atomic mass is 9.96. The first-order valence-corrected chi connectivity index (χ1v) is 7.96. The fraction of sp³-hybridized carbons (Fsp3) is 0.500. The highest BCUT2D eigenvalue weighted by molar-refractivity contribution is 7.99. The van der Waals surface area contributed by atoms with Gasteiger partial charge in [0.1, 0.15) is 0 Å². The van der Waals surface area contributed by atoms with Gasteiger partial charge in [-0.05, 0) is 31.4 Å². The van der Waals surface area contributed by atoms with Crippen molar-refractivity contribution in [2.75, 3.05) is 16.9 Å². The largest absolute Gasteiger partial charge is 0.487 e. The number of anilines is 1. The molecule has 0 radical (unpaired) electrons. The molecule has 2 fully saturated rings. The van der Waals surface area contributed by atoms with Crippen LogP contribution >= 0.6 is 11.8 Å². The van der Waals surface area contributed by atoms with Crippen molar-refractivity contribution < 1.29 is 13.9 Å². The molecule has 1 aliphatic heterocycles. The molecule has 108 valence electrons. The van der Waals surface area contributed by atoms with E-state index in [9.17, 15) is 9.18 Å². The van der Waals surface area contributed by atoms with E-state index in [1.165, 1.54) is 6.07 Å². The molecule has 2 N–H and O–H groups in total. The lowest BCUT2D eigenvalue weighted by Gasteiger charge is -2.26. The molecule has 1 saturated heterocycles. The molecule has 1 aromatic rings. The molecule has 20 heavy (non-hydrogen) atoms. The monoisotopic (exact) mass is 296 g/mol. The highest BCUT2D eigenvalue weighted by Gasteiger charge is 2.23. The first-order valence-electron chi connectivity index (χ1n) is 6.80. The fourth-order valence-corrected chi connectivity index (χ4v) is 3.08. The van der Waals surface area contributed by atoms with E-state index >= 15 is 0 Å². The van der Waals surface area contributed by atoms with Gasteiger partial charge in [0.05, 0.1) is 12.1 Å². The van der Waals surface area contributed by atoms with Crippen LogP contribution in [0.3, 0.4) is 0 Å². The van der Waals surface area contributed by atoms with Gasteiger partial charge in [-0.1, -0.05) is 0 Å². The van der Waals surface area contributed by atoms with Crippen LogP contribution < -0.4 is 15.4 Å². The van der Waals surface area contributed by atoms with Crippen LogP contribution in [-0.4, -0.2) is 29.7 Å². The van der Waals surface area contributed by atoms with Crippen LogP contribution in [0.1, 0.15) is 19.3 Å². The predicted octanol–water partition coefficient (Wildman–Crippen LogP) is 2.36. The molecule has 1 aromatic carbocycles. The van der Waals surface area contributed by atoms with E-state index in [0.29, 0.717) is 5.69 Å². The van der Waals surface area contributed by atoms with Gasteiger partial charge in [0, 0.05) is 23.4 Å². The maximum Gasteiger partial charge on any atom is 0.242 e. The van der Waals surface area contributed by atoms with Crippen LogP contribution in [-0.2, 0) is 4.79 Å². The average molecular weight is 296 g/mol. The van der Waals surface area contributed by atoms with Crippen molar-refractivity contribution in [3.05, 3.63) is 24.0 Å². The lowest BCUT2D eigenvalue weighted by molar-refractivity contribution is -0.117. The summed E-state index contributed by atoms with van der Waals surface area (Å²) in [7, 11) is 0. The third kappa shape index (κ3) is 3.07. The molecule has 1 heterocycles. The van der Waals surface area contributed by atoms with Gasteiger partial charge in [-0.2, -0.15) is 0 Å². The van der Waals surface area contributed by atoms with Crippen molar-refractivity contribution in [3.8, 4) is 5.75 Å². The van der Waals surface area contributed by atoms with Crippen molar-refractivity contribution in [1.29, 1.82) is 0 Å². The number of hydrogen-bond acceptors (Lipinski definition) is 4. The Hall–Kier alpha value is -1.27. The second-order valence-corrected chi connectivity index (χ2v) is 6.11. The summed E-state index contributed by atoms with van der Waals surface area (Å²) >= 11 is 1.68. The smallest absolute Gasteiger partial charge is 0.242 e. The van der Waals surface area contributed by atoms with Gasteiger partial charge in [-0.3, -0.25) is 10.1 Å². The zero-order valence-electron chi connectivity index (χ0n) is 11.0. The summed E-state index contributed by atoms with van der Waals surface area (Å²) in [5.41, 5.74) is 0.465. The summed E-state index contributed by atoms with van der Waals surface area (Å²) in [4.78, 5) is 11.9. The Labute approximate surface area is 121 Å². The minimum absolute atomic E-state index is 0.123. The SMILES string of the molecule is O=C(Nc1ccc(OC2CCC2)c(F)c1)C1CSCN1. The topological polar surface area (TPSA) is 50.4 Å². The molecular weight excluding hydrogens is 279 g/mol. The zero-order valence-corrected chi connectivity index (χ0v) is 11.8. The molecule has 0 bridgehead atoms. The number of hydrogen-bond donors (Lipinski definition) is 2. The normalized spacial score (nSPS) is 22.4. The zero-order chi connectivity index (χ0) is 13.9. The molecule has 1 unspecified atom stereocenters. The summed E-state index contributed by atoms with van der Waals surface area (Å²) < 4.78 is 19.4. The van der Waals surface area contributed by atoms with E-state index in [2.05, 4.69) is 10.6 Å². The Morgan fingerprint density at radius 3 is 2.90 bits per heavy atom. The number of carbonyl (C=O) groups is 1. The van der Waals surface area contributed by atoms with Crippen LogP contribution in [0.15, 0.2) is 18.2 Å². The average Bonchev–Trinajstić information content (AvgIpc) is 2.89. The minimum Gasteiger partial charge on any atom is -0.487 e. The number of nitrogens with one attached hydrogen (secondary N) is 2. The first-order chi connectivity index (χ1) is 9.72. The number of thioether (sulfide) groups is 1. The first kappa shape index (κ1) is 13.7. The molecule has 1 atom stereocenters. The van der Waals surface area contributed by atoms with E-state index in [-0.39, 0.29) is 23.8 Å². The number of ether oxygens (including phenoxy) is 1. The highest BCUT2D eigenvalue weighted by atomic mass is 32.2. The van der Waals surface area contributed by atoms with Gasteiger partial charge in [0.25, 0.3) is 0 Å². The number of benzene rings is 1. The van der Waals surface area contributed by atoms with Crippen LogP contribution in [0, 0.1) is 5.82 Å². The van der Waals surface area contributed by atoms with Crippen molar-refractivity contribution in [2.24, 2.45) is 0 Å². The van der Waals surface area contributed by atoms with Gasteiger partial charge >= 0.3 is 0 Å². The number of amides is 1. The van der Waals surface area contributed by atoms with E-state index < -0.39 is 5.82 Å².